The summed E-state index contributed by atoms with van der Waals surface area (Å²) in [6, 6.07) is 10.8. The first-order valence-corrected chi connectivity index (χ1v) is 10.3. The molecule has 2 aromatic carbocycles. The Morgan fingerprint density at radius 3 is 2.33 bits per heavy atom. The zero-order valence-electron chi connectivity index (χ0n) is 14.6. The summed E-state index contributed by atoms with van der Waals surface area (Å²) in [7, 11) is -4.87. The van der Waals surface area contributed by atoms with E-state index in [2.05, 4.69) is 4.74 Å². The first kappa shape index (κ1) is 21.6. The third-order valence-corrected chi connectivity index (χ3v) is 6.20. The predicted molar refractivity (Wildman–Crippen MR) is 101 cm³/mol. The summed E-state index contributed by atoms with van der Waals surface area (Å²) in [5, 5.41) is 8.50. The Labute approximate surface area is 171 Å². The van der Waals surface area contributed by atoms with Crippen molar-refractivity contribution < 1.29 is 40.6 Å². The summed E-state index contributed by atoms with van der Waals surface area (Å²) in [4.78, 5) is 10.1. The van der Waals surface area contributed by atoms with Crippen LogP contribution in [-0.2, 0) is 16.2 Å². The standard InChI is InChI=1S/C18H11F4NO5S2/c19-11-6-7-15(12(8-11)18(20,21)22)30(26,27)23-13-9-14(10-4-2-1-3-5-10)29-16(13)28-17(24)25/h1-9,23H,(H,24,25). The monoisotopic (exact) mass is 461 g/mol. The minimum absolute atomic E-state index is 0.0617. The number of carboxylic acid groups (broad SMARTS) is 1. The molecule has 0 bridgehead atoms. The molecule has 1 aromatic heterocycles. The molecular weight excluding hydrogens is 450 g/mol. The van der Waals surface area contributed by atoms with Gasteiger partial charge in [0.15, 0.2) is 0 Å². The molecule has 2 N–H and O–H groups in total. The second-order valence-corrected chi connectivity index (χ2v) is 8.46. The van der Waals surface area contributed by atoms with Gasteiger partial charge in [0.2, 0.25) is 5.06 Å². The first-order chi connectivity index (χ1) is 14.0. The van der Waals surface area contributed by atoms with Crippen LogP contribution in [-0.4, -0.2) is 19.7 Å². The normalized spacial score (nSPS) is 11.9. The Morgan fingerprint density at radius 1 is 1.07 bits per heavy atom. The molecule has 0 radical (unpaired) electrons. The highest BCUT2D eigenvalue weighted by molar-refractivity contribution is 7.92. The lowest BCUT2D eigenvalue weighted by Gasteiger charge is -2.14. The number of benzene rings is 2. The van der Waals surface area contributed by atoms with Crippen molar-refractivity contribution in [3.63, 3.8) is 0 Å². The van der Waals surface area contributed by atoms with Crippen LogP contribution in [0.2, 0.25) is 0 Å². The maximum Gasteiger partial charge on any atom is 0.512 e. The van der Waals surface area contributed by atoms with Gasteiger partial charge in [-0.15, -0.1) is 0 Å². The summed E-state index contributed by atoms with van der Waals surface area (Å²) in [5.41, 5.74) is -1.48. The van der Waals surface area contributed by atoms with Crippen molar-refractivity contribution in [2.24, 2.45) is 0 Å². The largest absolute Gasteiger partial charge is 0.512 e. The Bertz CT molecular complexity index is 1190. The third kappa shape index (κ3) is 4.71. The van der Waals surface area contributed by atoms with E-state index >= 15 is 0 Å². The minimum Gasteiger partial charge on any atom is -0.449 e. The molecule has 0 saturated carbocycles. The maximum absolute atomic E-state index is 13.3. The van der Waals surface area contributed by atoms with Gasteiger partial charge in [0.05, 0.1) is 10.5 Å². The summed E-state index contributed by atoms with van der Waals surface area (Å²) >= 11 is 0.777. The van der Waals surface area contributed by atoms with Gasteiger partial charge in [-0.25, -0.2) is 17.6 Å². The number of hydrogen-bond donors (Lipinski definition) is 2. The lowest BCUT2D eigenvalue weighted by Crippen LogP contribution is -2.19. The summed E-state index contributed by atoms with van der Waals surface area (Å²) < 4.78 is 84.7. The van der Waals surface area contributed by atoms with E-state index in [0.717, 1.165) is 11.3 Å². The molecule has 12 heteroatoms. The van der Waals surface area contributed by atoms with Crippen LogP contribution in [0.5, 0.6) is 5.06 Å². The van der Waals surface area contributed by atoms with Crippen molar-refractivity contribution >= 4 is 33.2 Å². The van der Waals surface area contributed by atoms with Crippen molar-refractivity contribution in [3.05, 3.63) is 66.0 Å². The Hall–Kier alpha value is -3.12. The van der Waals surface area contributed by atoms with Crippen LogP contribution in [0.4, 0.5) is 28.0 Å². The lowest BCUT2D eigenvalue weighted by atomic mass is 10.2. The van der Waals surface area contributed by atoms with Crippen molar-refractivity contribution in [1.29, 1.82) is 0 Å². The van der Waals surface area contributed by atoms with Gasteiger partial charge in [-0.05, 0) is 29.8 Å². The number of anilines is 1. The molecule has 1 heterocycles. The van der Waals surface area contributed by atoms with E-state index in [-0.39, 0.29) is 16.8 Å². The zero-order chi connectivity index (χ0) is 22.1. The highest BCUT2D eigenvalue weighted by Crippen LogP contribution is 2.42. The number of rotatable bonds is 5. The van der Waals surface area contributed by atoms with Crippen LogP contribution in [0.25, 0.3) is 10.4 Å². The molecular formula is C18H11F4NO5S2. The lowest BCUT2D eigenvalue weighted by molar-refractivity contribution is -0.140. The fourth-order valence-electron chi connectivity index (χ4n) is 2.50. The van der Waals surface area contributed by atoms with Crippen LogP contribution >= 0.6 is 11.3 Å². The molecule has 0 saturated heterocycles. The van der Waals surface area contributed by atoms with Crippen LogP contribution in [0.3, 0.4) is 0 Å². The molecule has 0 aliphatic heterocycles. The number of thiophene rings is 1. The molecule has 0 atom stereocenters. The van der Waals surface area contributed by atoms with E-state index in [9.17, 15) is 30.8 Å². The Balaban J connectivity index is 2.07. The number of sulfonamides is 1. The second kappa shape index (κ2) is 7.95. The molecule has 30 heavy (non-hydrogen) atoms. The van der Waals surface area contributed by atoms with Gasteiger partial charge < -0.3 is 9.84 Å². The summed E-state index contributed by atoms with van der Waals surface area (Å²) in [6.45, 7) is 0. The first-order valence-electron chi connectivity index (χ1n) is 7.97. The molecule has 0 fully saturated rings. The number of halogens is 4. The van der Waals surface area contributed by atoms with Crippen LogP contribution < -0.4 is 9.46 Å². The van der Waals surface area contributed by atoms with Gasteiger partial charge in [-0.2, -0.15) is 13.2 Å². The highest BCUT2D eigenvalue weighted by atomic mass is 32.2. The molecule has 0 unspecified atom stereocenters. The van der Waals surface area contributed by atoms with Crippen molar-refractivity contribution in [1.82, 2.24) is 0 Å². The van der Waals surface area contributed by atoms with E-state index in [1.165, 1.54) is 6.07 Å². The number of hydrogen-bond acceptors (Lipinski definition) is 5. The van der Waals surface area contributed by atoms with E-state index in [1.807, 2.05) is 4.72 Å². The second-order valence-electron chi connectivity index (χ2n) is 5.79. The van der Waals surface area contributed by atoms with E-state index < -0.39 is 38.6 Å². The number of nitrogens with one attached hydrogen (secondary N) is 1. The van der Waals surface area contributed by atoms with E-state index in [4.69, 9.17) is 5.11 Å². The average Bonchev–Trinajstić information content (AvgIpc) is 3.02. The SMILES string of the molecule is O=C(O)Oc1sc(-c2ccccc2)cc1NS(=O)(=O)c1ccc(F)cc1C(F)(F)F. The highest BCUT2D eigenvalue weighted by Gasteiger charge is 2.38. The van der Waals surface area contributed by atoms with Gasteiger partial charge in [0.25, 0.3) is 10.0 Å². The van der Waals surface area contributed by atoms with Crippen LogP contribution in [0.15, 0.2) is 59.5 Å². The Morgan fingerprint density at radius 2 is 1.73 bits per heavy atom. The number of alkyl halides is 3. The average molecular weight is 461 g/mol. The van der Waals surface area contributed by atoms with Gasteiger partial charge in [0.1, 0.15) is 11.5 Å². The van der Waals surface area contributed by atoms with Crippen molar-refractivity contribution in [2.45, 2.75) is 11.1 Å². The molecule has 3 rings (SSSR count). The maximum atomic E-state index is 13.3. The third-order valence-electron chi connectivity index (χ3n) is 3.72. The van der Waals surface area contributed by atoms with Crippen molar-refractivity contribution in [2.75, 3.05) is 4.72 Å². The van der Waals surface area contributed by atoms with Gasteiger partial charge in [-0.3, -0.25) is 4.72 Å². The fourth-order valence-corrected chi connectivity index (χ4v) is 4.79. The Kier molecular flexibility index (Phi) is 5.72. The topological polar surface area (TPSA) is 92.7 Å². The number of ether oxygens (including phenoxy) is 1. The van der Waals surface area contributed by atoms with Gasteiger partial charge >= 0.3 is 12.3 Å². The summed E-state index contributed by atoms with van der Waals surface area (Å²) in [5.74, 6) is -1.27. The molecule has 158 valence electrons. The van der Waals surface area contributed by atoms with Crippen molar-refractivity contribution in [3.8, 4) is 15.5 Å². The quantitative estimate of drug-likeness (QED) is 0.390. The molecule has 0 spiro atoms. The zero-order valence-corrected chi connectivity index (χ0v) is 16.2. The van der Waals surface area contributed by atoms with Gasteiger partial charge in [-0.1, -0.05) is 41.7 Å². The molecule has 0 aliphatic rings. The predicted octanol–water partition coefficient (Wildman–Crippen LogP) is 5.43. The van der Waals surface area contributed by atoms with Crippen LogP contribution in [0, 0.1) is 5.82 Å². The number of carbonyl (C=O) groups is 1. The minimum atomic E-state index is -5.14. The molecule has 0 aliphatic carbocycles. The smallest absolute Gasteiger partial charge is 0.449 e. The van der Waals surface area contributed by atoms with Crippen LogP contribution in [0.1, 0.15) is 5.56 Å². The van der Waals surface area contributed by atoms with Gasteiger partial charge in [0, 0.05) is 4.88 Å². The fraction of sp³-hybridized carbons (Fsp3) is 0.0556. The summed E-state index contributed by atoms with van der Waals surface area (Å²) in [6.07, 6.45) is -6.88. The van der Waals surface area contributed by atoms with E-state index in [1.54, 1.807) is 30.3 Å². The molecule has 3 aromatic rings. The van der Waals surface area contributed by atoms with E-state index in [0.29, 0.717) is 22.6 Å². The molecule has 0 amide bonds. The molecule has 6 nitrogen and oxygen atoms in total.